The molecule has 4 nitrogen and oxygen atoms in total. The summed E-state index contributed by atoms with van der Waals surface area (Å²) in [6.45, 7) is 0.298. The standard InChI is InChI=1S/C12H14F4N2O2/c1-6-3-7(18-5-12(15,16)11(13)14)4-8(9(6)17)10(19)20-2/h3-4,11,18H,5,17H2,1-2H3. The summed E-state index contributed by atoms with van der Waals surface area (Å²) in [6.07, 6.45) is -3.77. The summed E-state index contributed by atoms with van der Waals surface area (Å²) in [7, 11) is 1.14. The third kappa shape index (κ3) is 3.52. The molecule has 0 atom stereocenters. The Morgan fingerprint density at radius 2 is 2.05 bits per heavy atom. The van der Waals surface area contributed by atoms with E-state index in [1.54, 1.807) is 6.92 Å². The Morgan fingerprint density at radius 1 is 1.45 bits per heavy atom. The van der Waals surface area contributed by atoms with Gasteiger partial charge in [0.1, 0.15) is 0 Å². The van der Waals surface area contributed by atoms with Gasteiger partial charge in [0, 0.05) is 11.4 Å². The van der Waals surface area contributed by atoms with E-state index in [0.29, 0.717) is 5.56 Å². The summed E-state index contributed by atoms with van der Waals surface area (Å²) in [4.78, 5) is 11.4. The summed E-state index contributed by atoms with van der Waals surface area (Å²) < 4.78 is 54.2. The number of nitrogen functional groups attached to an aromatic ring is 1. The van der Waals surface area contributed by atoms with Crippen molar-refractivity contribution in [1.82, 2.24) is 0 Å². The first-order valence-electron chi connectivity index (χ1n) is 5.57. The fourth-order valence-electron chi connectivity index (χ4n) is 1.48. The van der Waals surface area contributed by atoms with Gasteiger partial charge in [0.15, 0.2) is 0 Å². The van der Waals surface area contributed by atoms with Crippen molar-refractivity contribution in [1.29, 1.82) is 0 Å². The summed E-state index contributed by atoms with van der Waals surface area (Å²) in [6, 6.07) is 2.55. The van der Waals surface area contributed by atoms with E-state index in [9.17, 15) is 22.4 Å². The fourth-order valence-corrected chi connectivity index (χ4v) is 1.48. The van der Waals surface area contributed by atoms with Crippen LogP contribution in [0.1, 0.15) is 15.9 Å². The SMILES string of the molecule is COC(=O)c1cc(NCC(F)(F)C(F)F)cc(C)c1N. The maximum Gasteiger partial charge on any atom is 0.340 e. The molecule has 8 heteroatoms. The number of ether oxygens (including phenoxy) is 1. The molecule has 1 aromatic rings. The summed E-state index contributed by atoms with van der Waals surface area (Å²) in [5.74, 6) is -4.91. The van der Waals surface area contributed by atoms with Crippen LogP contribution in [0.25, 0.3) is 0 Å². The van der Waals surface area contributed by atoms with Crippen LogP contribution in [0.5, 0.6) is 0 Å². The van der Waals surface area contributed by atoms with Gasteiger partial charge >= 0.3 is 18.3 Å². The van der Waals surface area contributed by atoms with Crippen LogP contribution >= 0.6 is 0 Å². The first-order valence-corrected chi connectivity index (χ1v) is 5.57. The highest BCUT2D eigenvalue weighted by atomic mass is 19.3. The first kappa shape index (κ1) is 16.1. The second-order valence-electron chi connectivity index (χ2n) is 4.16. The molecule has 0 radical (unpaired) electrons. The van der Waals surface area contributed by atoms with Crippen molar-refractivity contribution < 1.29 is 27.1 Å². The molecule has 0 unspecified atom stereocenters. The Bertz CT molecular complexity index is 506. The quantitative estimate of drug-likeness (QED) is 0.498. The number of esters is 1. The molecule has 0 saturated carbocycles. The summed E-state index contributed by atoms with van der Waals surface area (Å²) >= 11 is 0. The Kier molecular flexibility index (Phi) is 4.80. The third-order valence-electron chi connectivity index (χ3n) is 2.64. The molecule has 3 N–H and O–H groups in total. The zero-order valence-corrected chi connectivity index (χ0v) is 10.8. The second-order valence-corrected chi connectivity index (χ2v) is 4.16. The minimum absolute atomic E-state index is 0.0182. The molecule has 0 saturated heterocycles. The van der Waals surface area contributed by atoms with Crippen LogP contribution in [-0.4, -0.2) is 32.0 Å². The molecule has 0 aliphatic rings. The minimum atomic E-state index is -4.17. The van der Waals surface area contributed by atoms with Crippen LogP contribution in [0.2, 0.25) is 0 Å². The van der Waals surface area contributed by atoms with E-state index in [-0.39, 0.29) is 16.9 Å². The Hall–Kier alpha value is -1.99. The van der Waals surface area contributed by atoms with E-state index < -0.39 is 24.9 Å². The predicted molar refractivity (Wildman–Crippen MR) is 66.4 cm³/mol. The first-order chi connectivity index (χ1) is 9.19. The predicted octanol–water partition coefficient (Wildman–Crippen LogP) is 2.68. The Labute approximate surface area is 112 Å². The van der Waals surface area contributed by atoms with Crippen LogP contribution in [-0.2, 0) is 4.74 Å². The van der Waals surface area contributed by atoms with Crippen molar-refractivity contribution in [3.8, 4) is 0 Å². The van der Waals surface area contributed by atoms with E-state index in [4.69, 9.17) is 5.73 Å². The molecular weight excluding hydrogens is 280 g/mol. The maximum absolute atomic E-state index is 12.8. The van der Waals surface area contributed by atoms with E-state index in [1.807, 2.05) is 0 Å². The monoisotopic (exact) mass is 294 g/mol. The molecule has 0 spiro atoms. The van der Waals surface area contributed by atoms with Gasteiger partial charge in [0.2, 0.25) is 0 Å². The molecule has 20 heavy (non-hydrogen) atoms. The molecule has 0 heterocycles. The van der Waals surface area contributed by atoms with Gasteiger partial charge in [-0.15, -0.1) is 0 Å². The van der Waals surface area contributed by atoms with Crippen LogP contribution in [0, 0.1) is 6.92 Å². The van der Waals surface area contributed by atoms with Gasteiger partial charge in [-0.3, -0.25) is 0 Å². The van der Waals surface area contributed by atoms with Gasteiger partial charge in [0.05, 0.1) is 19.2 Å². The van der Waals surface area contributed by atoms with Crippen molar-refractivity contribution in [3.63, 3.8) is 0 Å². The highest BCUT2D eigenvalue weighted by Crippen LogP contribution is 2.26. The molecule has 0 bridgehead atoms. The van der Waals surface area contributed by atoms with E-state index in [1.165, 1.54) is 12.1 Å². The zero-order chi connectivity index (χ0) is 15.5. The normalized spacial score (nSPS) is 11.6. The largest absolute Gasteiger partial charge is 0.465 e. The smallest absolute Gasteiger partial charge is 0.340 e. The molecule has 0 aliphatic carbocycles. The molecule has 0 fully saturated rings. The highest BCUT2D eigenvalue weighted by molar-refractivity contribution is 5.97. The molecule has 0 aliphatic heterocycles. The third-order valence-corrected chi connectivity index (χ3v) is 2.64. The zero-order valence-electron chi connectivity index (χ0n) is 10.8. The van der Waals surface area contributed by atoms with E-state index in [0.717, 1.165) is 7.11 Å². The fraction of sp³-hybridized carbons (Fsp3) is 0.417. The van der Waals surface area contributed by atoms with Crippen LogP contribution < -0.4 is 11.1 Å². The van der Waals surface area contributed by atoms with Crippen LogP contribution in [0.4, 0.5) is 28.9 Å². The number of rotatable bonds is 5. The molecule has 1 rings (SSSR count). The molecular formula is C12H14F4N2O2. The molecule has 0 amide bonds. The number of alkyl halides is 4. The lowest BCUT2D eigenvalue weighted by Gasteiger charge is -2.18. The number of methoxy groups -OCH3 is 1. The molecule has 1 aromatic carbocycles. The maximum atomic E-state index is 12.8. The average molecular weight is 294 g/mol. The number of aryl methyl sites for hydroxylation is 1. The van der Waals surface area contributed by atoms with Crippen molar-refractivity contribution in [2.75, 3.05) is 24.7 Å². The van der Waals surface area contributed by atoms with Crippen molar-refractivity contribution in [3.05, 3.63) is 23.3 Å². The minimum Gasteiger partial charge on any atom is -0.465 e. The number of carbonyl (C=O) groups excluding carboxylic acids is 1. The number of halogens is 4. The van der Waals surface area contributed by atoms with Gasteiger partial charge < -0.3 is 15.8 Å². The van der Waals surface area contributed by atoms with Crippen molar-refractivity contribution in [2.45, 2.75) is 19.3 Å². The summed E-state index contributed by atoms with van der Waals surface area (Å²) in [5, 5.41) is 2.16. The topological polar surface area (TPSA) is 64.3 Å². The Morgan fingerprint density at radius 3 is 2.55 bits per heavy atom. The summed E-state index contributed by atoms with van der Waals surface area (Å²) in [5.41, 5.74) is 6.31. The highest BCUT2D eigenvalue weighted by Gasteiger charge is 2.40. The van der Waals surface area contributed by atoms with Gasteiger partial charge in [-0.2, -0.15) is 8.78 Å². The van der Waals surface area contributed by atoms with E-state index in [2.05, 4.69) is 10.1 Å². The van der Waals surface area contributed by atoms with Gasteiger partial charge in [-0.1, -0.05) is 0 Å². The van der Waals surface area contributed by atoms with Gasteiger partial charge in [0.25, 0.3) is 0 Å². The second kappa shape index (κ2) is 5.98. The lowest BCUT2D eigenvalue weighted by molar-refractivity contribution is -0.117. The Balaban J connectivity index is 2.98. The van der Waals surface area contributed by atoms with Crippen LogP contribution in [0.3, 0.4) is 0 Å². The number of hydrogen-bond acceptors (Lipinski definition) is 4. The number of nitrogens with one attached hydrogen (secondary N) is 1. The van der Waals surface area contributed by atoms with Crippen LogP contribution in [0.15, 0.2) is 12.1 Å². The number of nitrogens with two attached hydrogens (primary N) is 1. The van der Waals surface area contributed by atoms with Gasteiger partial charge in [-0.25, -0.2) is 13.6 Å². The van der Waals surface area contributed by atoms with Crippen molar-refractivity contribution >= 4 is 17.3 Å². The lowest BCUT2D eigenvalue weighted by Crippen LogP contribution is -2.34. The molecule has 112 valence electrons. The number of carbonyl (C=O) groups is 1. The van der Waals surface area contributed by atoms with Crippen molar-refractivity contribution in [2.24, 2.45) is 0 Å². The molecule has 0 aromatic heterocycles. The average Bonchev–Trinajstić information content (AvgIpc) is 2.38. The van der Waals surface area contributed by atoms with E-state index >= 15 is 0 Å². The number of benzene rings is 1. The van der Waals surface area contributed by atoms with Gasteiger partial charge in [-0.05, 0) is 24.6 Å². The number of anilines is 2. The lowest BCUT2D eigenvalue weighted by atomic mass is 10.1. The number of hydrogen-bond donors (Lipinski definition) is 2.